The van der Waals surface area contributed by atoms with E-state index in [-0.39, 0.29) is 18.0 Å². The van der Waals surface area contributed by atoms with E-state index in [1.807, 2.05) is 60.7 Å². The number of carbonyl (C=O) groups excluding carboxylic acids is 2. The van der Waals surface area contributed by atoms with Crippen LogP contribution in [0.5, 0.6) is 0 Å². The van der Waals surface area contributed by atoms with E-state index >= 15 is 0 Å². The maximum atomic E-state index is 13.2. The van der Waals surface area contributed by atoms with Gasteiger partial charge in [-0.2, -0.15) is 0 Å². The van der Waals surface area contributed by atoms with Gasteiger partial charge in [0.05, 0.1) is 0 Å². The lowest BCUT2D eigenvalue weighted by atomic mass is 10.0. The van der Waals surface area contributed by atoms with Gasteiger partial charge in [-0.25, -0.2) is 10.0 Å². The summed E-state index contributed by atoms with van der Waals surface area (Å²) in [5.74, 6) is 0.405. The van der Waals surface area contributed by atoms with Gasteiger partial charge in [0, 0.05) is 12.0 Å². The number of hydrogen-bond acceptors (Lipinski definition) is 3. The molecular formula is C29H29N3O2. The first-order chi connectivity index (χ1) is 16.5. The first kappa shape index (κ1) is 23.2. The molecule has 1 aliphatic heterocycles. The number of carbonyl (C=O) groups is 2. The van der Waals surface area contributed by atoms with E-state index in [0.29, 0.717) is 18.2 Å². The topological polar surface area (TPSA) is 61.8 Å². The van der Waals surface area contributed by atoms with Crippen LogP contribution >= 0.6 is 0 Å². The molecule has 3 aromatic rings. The van der Waals surface area contributed by atoms with Crippen LogP contribution in [0.2, 0.25) is 0 Å². The highest BCUT2D eigenvalue weighted by atomic mass is 16.2. The summed E-state index contributed by atoms with van der Waals surface area (Å²) in [4.78, 5) is 30.6. The van der Waals surface area contributed by atoms with E-state index in [1.54, 1.807) is 6.08 Å². The lowest BCUT2D eigenvalue weighted by molar-refractivity contribution is -0.135. The van der Waals surface area contributed by atoms with Crippen LogP contribution in [-0.2, 0) is 22.4 Å². The van der Waals surface area contributed by atoms with Gasteiger partial charge in [0.2, 0.25) is 5.91 Å². The van der Waals surface area contributed by atoms with Crippen molar-refractivity contribution >= 4 is 23.7 Å². The van der Waals surface area contributed by atoms with E-state index in [9.17, 15) is 9.59 Å². The molecule has 0 saturated heterocycles. The summed E-state index contributed by atoms with van der Waals surface area (Å²) in [6, 6.07) is 27.4. The van der Waals surface area contributed by atoms with Crippen molar-refractivity contribution in [1.82, 2.24) is 10.4 Å². The second kappa shape index (κ2) is 10.8. The number of aliphatic imine (C=N–C) groups is 1. The van der Waals surface area contributed by atoms with Gasteiger partial charge < -0.3 is 0 Å². The lowest BCUT2D eigenvalue weighted by Gasteiger charge is -2.29. The Morgan fingerprint density at radius 3 is 2.18 bits per heavy atom. The number of amidine groups is 1. The number of benzene rings is 3. The van der Waals surface area contributed by atoms with E-state index in [4.69, 9.17) is 0 Å². The molecule has 0 saturated carbocycles. The van der Waals surface area contributed by atoms with Crippen molar-refractivity contribution < 1.29 is 9.59 Å². The highest BCUT2D eigenvalue weighted by Crippen LogP contribution is 2.18. The van der Waals surface area contributed by atoms with E-state index in [0.717, 1.165) is 23.1 Å². The van der Waals surface area contributed by atoms with Gasteiger partial charge in [-0.3, -0.25) is 15.0 Å². The number of rotatable bonds is 7. The maximum Gasteiger partial charge on any atom is 0.288 e. The summed E-state index contributed by atoms with van der Waals surface area (Å²) in [6.07, 6.45) is 3.60. The molecule has 0 atom stereocenters. The largest absolute Gasteiger partial charge is 0.288 e. The Kier molecular flexibility index (Phi) is 7.33. The van der Waals surface area contributed by atoms with Gasteiger partial charge in [-0.05, 0) is 41.5 Å². The Bertz CT molecular complexity index is 1200. The molecule has 0 aliphatic carbocycles. The molecule has 0 unspecified atom stereocenters. The molecule has 0 bridgehead atoms. The van der Waals surface area contributed by atoms with Gasteiger partial charge in [0.15, 0.2) is 5.84 Å². The molecule has 34 heavy (non-hydrogen) atoms. The molecule has 5 heteroatoms. The smallest absolute Gasteiger partial charge is 0.273 e. The van der Waals surface area contributed by atoms with Crippen molar-refractivity contribution in [1.29, 1.82) is 0 Å². The van der Waals surface area contributed by atoms with Gasteiger partial charge in [-0.1, -0.05) is 98.8 Å². The van der Waals surface area contributed by atoms with Gasteiger partial charge in [-0.15, -0.1) is 0 Å². The summed E-state index contributed by atoms with van der Waals surface area (Å²) >= 11 is 0. The lowest BCUT2D eigenvalue weighted by Crippen LogP contribution is -2.53. The summed E-state index contributed by atoms with van der Waals surface area (Å²) < 4.78 is 0. The number of nitrogens with zero attached hydrogens (tertiary/aromatic N) is 2. The fraction of sp³-hybridized carbons (Fsp3) is 0.207. The third kappa shape index (κ3) is 5.87. The Morgan fingerprint density at radius 2 is 1.53 bits per heavy atom. The van der Waals surface area contributed by atoms with Crippen molar-refractivity contribution in [3.63, 3.8) is 0 Å². The molecule has 1 heterocycles. The van der Waals surface area contributed by atoms with Crippen LogP contribution in [-0.4, -0.2) is 22.7 Å². The molecule has 5 nitrogen and oxygen atoms in total. The van der Waals surface area contributed by atoms with Crippen molar-refractivity contribution in [3.05, 3.63) is 113 Å². The zero-order valence-electron chi connectivity index (χ0n) is 19.6. The Balaban J connectivity index is 1.55. The van der Waals surface area contributed by atoms with Crippen molar-refractivity contribution in [2.45, 2.75) is 33.1 Å². The molecule has 0 spiro atoms. The van der Waals surface area contributed by atoms with Crippen molar-refractivity contribution in [2.24, 2.45) is 10.9 Å². The number of aryl methyl sites for hydroxylation is 1. The Morgan fingerprint density at radius 1 is 0.912 bits per heavy atom. The molecule has 172 valence electrons. The molecule has 2 amide bonds. The standard InChI is InChI=1S/C29H29N3O2/c1-21(2)19-24-15-13-22(14-16-24)17-18-27(33)32-28(25-11-7-4-8-12-25)30-26(29(34)31-32)20-23-9-5-3-6-10-23/h3-16,20-21H,17-19H2,1-2H3,(H,31,34)/b26-20+. The molecule has 1 N–H and O–H groups in total. The average Bonchev–Trinajstić information content (AvgIpc) is 2.85. The van der Waals surface area contributed by atoms with Crippen LogP contribution in [0, 0.1) is 5.92 Å². The van der Waals surface area contributed by atoms with Gasteiger partial charge in [0.25, 0.3) is 5.91 Å². The monoisotopic (exact) mass is 451 g/mol. The maximum absolute atomic E-state index is 13.2. The summed E-state index contributed by atoms with van der Waals surface area (Å²) in [7, 11) is 0. The number of hydrogen-bond donors (Lipinski definition) is 1. The van der Waals surface area contributed by atoms with Crippen LogP contribution in [0.4, 0.5) is 0 Å². The molecule has 0 radical (unpaired) electrons. The minimum atomic E-state index is -0.407. The second-order valence-electron chi connectivity index (χ2n) is 8.83. The third-order valence-electron chi connectivity index (χ3n) is 5.56. The normalized spacial score (nSPS) is 14.8. The summed E-state index contributed by atoms with van der Waals surface area (Å²) in [5, 5.41) is 1.28. The Hall–Kier alpha value is -3.99. The van der Waals surface area contributed by atoms with E-state index in [2.05, 4.69) is 48.5 Å². The van der Waals surface area contributed by atoms with Crippen LogP contribution in [0.3, 0.4) is 0 Å². The quantitative estimate of drug-likeness (QED) is 0.503. The second-order valence-corrected chi connectivity index (χ2v) is 8.83. The van der Waals surface area contributed by atoms with Crippen LogP contribution < -0.4 is 5.43 Å². The zero-order valence-corrected chi connectivity index (χ0v) is 19.6. The minimum absolute atomic E-state index is 0.207. The molecular weight excluding hydrogens is 422 g/mol. The van der Waals surface area contributed by atoms with Crippen LogP contribution in [0.25, 0.3) is 6.08 Å². The first-order valence-electron chi connectivity index (χ1n) is 11.6. The highest BCUT2D eigenvalue weighted by Gasteiger charge is 2.29. The van der Waals surface area contributed by atoms with Gasteiger partial charge >= 0.3 is 0 Å². The van der Waals surface area contributed by atoms with Crippen molar-refractivity contribution in [2.75, 3.05) is 0 Å². The number of hydrazine groups is 1. The fourth-order valence-electron chi connectivity index (χ4n) is 3.87. The van der Waals surface area contributed by atoms with Crippen molar-refractivity contribution in [3.8, 4) is 0 Å². The average molecular weight is 452 g/mol. The fourth-order valence-corrected chi connectivity index (χ4v) is 3.87. The van der Waals surface area contributed by atoms with Crippen LogP contribution in [0.15, 0.2) is 95.6 Å². The molecule has 0 fully saturated rings. The first-order valence-corrected chi connectivity index (χ1v) is 11.6. The molecule has 3 aromatic carbocycles. The number of nitrogens with one attached hydrogen (secondary N) is 1. The van der Waals surface area contributed by atoms with Gasteiger partial charge in [0.1, 0.15) is 5.70 Å². The minimum Gasteiger partial charge on any atom is -0.273 e. The molecule has 0 aromatic heterocycles. The summed E-state index contributed by atoms with van der Waals surface area (Å²) in [6.45, 7) is 4.40. The van der Waals surface area contributed by atoms with E-state index in [1.165, 1.54) is 10.6 Å². The molecule has 1 aliphatic rings. The predicted octanol–water partition coefficient (Wildman–Crippen LogP) is 5.18. The predicted molar refractivity (Wildman–Crippen MR) is 136 cm³/mol. The SMILES string of the molecule is CC(C)Cc1ccc(CCC(=O)N2NC(=O)/C(=C\c3ccccc3)N=C2c2ccccc2)cc1. The highest BCUT2D eigenvalue weighted by molar-refractivity contribution is 6.15. The van der Waals surface area contributed by atoms with Crippen LogP contribution in [0.1, 0.15) is 42.5 Å². The summed E-state index contributed by atoms with van der Waals surface area (Å²) in [5.41, 5.74) is 7.02. The van der Waals surface area contributed by atoms with E-state index < -0.39 is 5.91 Å². The third-order valence-corrected chi connectivity index (χ3v) is 5.56. The number of amides is 2. The molecule has 4 rings (SSSR count). The zero-order chi connectivity index (χ0) is 23.9. The Labute approximate surface area is 200 Å².